The zero-order valence-electron chi connectivity index (χ0n) is 14.3. The number of halogens is 1. The molecule has 3 rings (SSSR count). The maximum atomic E-state index is 14.0. The zero-order chi connectivity index (χ0) is 17.1. The number of benzene rings is 1. The molecular formula is C19H25FN2O2. The van der Waals surface area contributed by atoms with Crippen molar-refractivity contribution in [2.75, 3.05) is 31.1 Å². The fraction of sp³-hybridized carbons (Fsp3) is 0.579. The summed E-state index contributed by atoms with van der Waals surface area (Å²) >= 11 is 0. The van der Waals surface area contributed by atoms with Crippen LogP contribution in [0.2, 0.25) is 0 Å². The fourth-order valence-corrected chi connectivity index (χ4v) is 3.90. The van der Waals surface area contributed by atoms with Crippen LogP contribution < -0.4 is 4.90 Å². The average Bonchev–Trinajstić information content (AvgIpc) is 2.61. The van der Waals surface area contributed by atoms with Crippen molar-refractivity contribution in [1.82, 2.24) is 4.90 Å². The lowest BCUT2D eigenvalue weighted by Gasteiger charge is -2.38. The Morgan fingerprint density at radius 3 is 2.33 bits per heavy atom. The topological polar surface area (TPSA) is 40.6 Å². The smallest absolute Gasteiger partial charge is 0.225 e. The Morgan fingerprint density at radius 2 is 1.71 bits per heavy atom. The van der Waals surface area contributed by atoms with E-state index >= 15 is 0 Å². The van der Waals surface area contributed by atoms with E-state index in [0.717, 1.165) is 25.7 Å². The fourth-order valence-electron chi connectivity index (χ4n) is 3.90. The molecule has 4 nitrogen and oxygen atoms in total. The predicted molar refractivity (Wildman–Crippen MR) is 91.8 cm³/mol. The summed E-state index contributed by atoms with van der Waals surface area (Å²) in [6.07, 6.45) is 5.57. The Morgan fingerprint density at radius 1 is 1.04 bits per heavy atom. The predicted octanol–water partition coefficient (Wildman–Crippen LogP) is 3.26. The monoisotopic (exact) mass is 332 g/mol. The van der Waals surface area contributed by atoms with Gasteiger partial charge in [-0.05, 0) is 31.9 Å². The molecule has 0 radical (unpaired) electrons. The number of carbonyl (C=O) groups excluding carboxylic acids is 2. The lowest BCUT2D eigenvalue weighted by Crippen LogP contribution is -2.51. The number of piperazine rings is 1. The minimum atomic E-state index is -0.472. The first-order valence-electron chi connectivity index (χ1n) is 8.91. The van der Waals surface area contributed by atoms with Crippen LogP contribution in [0.3, 0.4) is 0 Å². The van der Waals surface area contributed by atoms with Crippen molar-refractivity contribution in [1.29, 1.82) is 0 Å². The molecule has 5 heteroatoms. The summed E-state index contributed by atoms with van der Waals surface area (Å²) in [7, 11) is 0. The molecule has 2 fully saturated rings. The molecule has 1 aliphatic heterocycles. The van der Waals surface area contributed by atoms with Crippen molar-refractivity contribution >= 4 is 17.4 Å². The van der Waals surface area contributed by atoms with Gasteiger partial charge in [0.2, 0.25) is 5.91 Å². The molecule has 1 aliphatic carbocycles. The van der Waals surface area contributed by atoms with Crippen molar-refractivity contribution in [3.05, 3.63) is 29.6 Å². The second kappa shape index (κ2) is 7.32. The van der Waals surface area contributed by atoms with Gasteiger partial charge in [-0.3, -0.25) is 9.59 Å². The summed E-state index contributed by atoms with van der Waals surface area (Å²) in [6, 6.07) is 4.75. The third kappa shape index (κ3) is 3.45. The van der Waals surface area contributed by atoms with Gasteiger partial charge in [-0.25, -0.2) is 4.39 Å². The first kappa shape index (κ1) is 16.9. The Bertz CT molecular complexity index is 618. The van der Waals surface area contributed by atoms with E-state index < -0.39 is 5.82 Å². The van der Waals surface area contributed by atoms with E-state index in [1.807, 2.05) is 9.80 Å². The molecule has 1 saturated heterocycles. The minimum absolute atomic E-state index is 0.157. The molecule has 24 heavy (non-hydrogen) atoms. The van der Waals surface area contributed by atoms with Crippen molar-refractivity contribution < 1.29 is 14.0 Å². The molecule has 2 aliphatic rings. The van der Waals surface area contributed by atoms with Crippen LogP contribution in [-0.2, 0) is 4.79 Å². The number of ketones is 1. The molecule has 0 spiro atoms. The molecule has 1 aromatic rings. The van der Waals surface area contributed by atoms with E-state index in [4.69, 9.17) is 0 Å². The lowest BCUT2D eigenvalue weighted by molar-refractivity contribution is -0.136. The molecule has 130 valence electrons. The molecule has 1 amide bonds. The maximum absolute atomic E-state index is 14.0. The van der Waals surface area contributed by atoms with Gasteiger partial charge < -0.3 is 9.80 Å². The quantitative estimate of drug-likeness (QED) is 0.798. The Labute approximate surface area is 142 Å². The first-order valence-corrected chi connectivity index (χ1v) is 8.91. The highest BCUT2D eigenvalue weighted by Crippen LogP contribution is 2.28. The van der Waals surface area contributed by atoms with Gasteiger partial charge in [0.05, 0.1) is 11.3 Å². The molecule has 1 saturated carbocycles. The van der Waals surface area contributed by atoms with Gasteiger partial charge in [-0.1, -0.05) is 25.3 Å². The van der Waals surface area contributed by atoms with E-state index in [9.17, 15) is 14.0 Å². The standard InChI is InChI=1S/C19H25FN2O2/c1-14(23)18-16(20)8-5-9-17(18)21-10-12-22(13-11-21)19(24)15-6-3-2-4-7-15/h5,8-9,15H,2-4,6-7,10-13H2,1H3. The average molecular weight is 332 g/mol. The largest absolute Gasteiger partial charge is 0.367 e. The van der Waals surface area contributed by atoms with Crippen LogP contribution in [0, 0.1) is 11.7 Å². The lowest BCUT2D eigenvalue weighted by atomic mass is 9.88. The van der Waals surface area contributed by atoms with Crippen LogP contribution in [-0.4, -0.2) is 42.8 Å². The summed E-state index contributed by atoms with van der Waals surface area (Å²) in [4.78, 5) is 28.4. The SMILES string of the molecule is CC(=O)c1c(F)cccc1N1CCN(C(=O)C2CCCCC2)CC1. The second-order valence-electron chi connectivity index (χ2n) is 6.84. The Kier molecular flexibility index (Phi) is 5.17. The van der Waals surface area contributed by atoms with Crippen LogP contribution in [0.5, 0.6) is 0 Å². The first-order chi connectivity index (χ1) is 11.6. The van der Waals surface area contributed by atoms with Crippen LogP contribution in [0.4, 0.5) is 10.1 Å². The molecule has 0 bridgehead atoms. The highest BCUT2D eigenvalue weighted by Gasteiger charge is 2.29. The van der Waals surface area contributed by atoms with Gasteiger partial charge in [0.15, 0.2) is 5.78 Å². The minimum Gasteiger partial charge on any atom is -0.367 e. The molecule has 1 aromatic carbocycles. The normalized spacial score (nSPS) is 19.4. The summed E-state index contributed by atoms with van der Waals surface area (Å²) in [6.45, 7) is 3.96. The molecule has 0 atom stereocenters. The van der Waals surface area contributed by atoms with Gasteiger partial charge in [0.1, 0.15) is 5.82 Å². The maximum Gasteiger partial charge on any atom is 0.225 e. The van der Waals surface area contributed by atoms with Crippen LogP contribution in [0.25, 0.3) is 0 Å². The molecule has 0 unspecified atom stereocenters. The van der Waals surface area contributed by atoms with Crippen LogP contribution in [0.15, 0.2) is 18.2 Å². The highest BCUT2D eigenvalue weighted by atomic mass is 19.1. The van der Waals surface area contributed by atoms with Gasteiger partial charge in [0, 0.05) is 32.1 Å². The van der Waals surface area contributed by atoms with E-state index in [-0.39, 0.29) is 23.2 Å². The number of carbonyl (C=O) groups is 2. The van der Waals surface area contributed by atoms with Crippen molar-refractivity contribution in [2.24, 2.45) is 5.92 Å². The summed E-state index contributed by atoms with van der Waals surface area (Å²) < 4.78 is 14.0. The van der Waals surface area contributed by atoms with Crippen LogP contribution >= 0.6 is 0 Å². The number of amides is 1. The number of nitrogens with zero attached hydrogens (tertiary/aromatic N) is 2. The number of Topliss-reactive ketones (excluding diaryl/α,β-unsaturated/α-hetero) is 1. The highest BCUT2D eigenvalue weighted by molar-refractivity contribution is 6.00. The van der Waals surface area contributed by atoms with Crippen LogP contribution in [0.1, 0.15) is 49.4 Å². The van der Waals surface area contributed by atoms with Gasteiger partial charge in [-0.2, -0.15) is 0 Å². The number of hydrogen-bond acceptors (Lipinski definition) is 3. The number of rotatable bonds is 3. The third-order valence-electron chi connectivity index (χ3n) is 5.23. The van der Waals surface area contributed by atoms with E-state index in [0.29, 0.717) is 31.9 Å². The zero-order valence-corrected chi connectivity index (χ0v) is 14.3. The number of anilines is 1. The molecule has 1 heterocycles. The van der Waals surface area contributed by atoms with Crippen molar-refractivity contribution in [3.8, 4) is 0 Å². The van der Waals surface area contributed by atoms with Crippen molar-refractivity contribution in [3.63, 3.8) is 0 Å². The van der Waals surface area contributed by atoms with E-state index in [1.54, 1.807) is 12.1 Å². The van der Waals surface area contributed by atoms with Gasteiger partial charge in [0.25, 0.3) is 0 Å². The van der Waals surface area contributed by atoms with E-state index in [1.165, 1.54) is 19.4 Å². The Hall–Kier alpha value is -1.91. The molecule has 0 aromatic heterocycles. The van der Waals surface area contributed by atoms with E-state index in [2.05, 4.69) is 0 Å². The molecule has 0 N–H and O–H groups in total. The summed E-state index contributed by atoms with van der Waals surface area (Å²) in [5, 5.41) is 0. The second-order valence-corrected chi connectivity index (χ2v) is 6.84. The van der Waals surface area contributed by atoms with Gasteiger partial charge in [-0.15, -0.1) is 0 Å². The summed E-state index contributed by atoms with van der Waals surface area (Å²) in [5.74, 6) is -0.267. The third-order valence-corrected chi connectivity index (χ3v) is 5.23. The van der Waals surface area contributed by atoms with Gasteiger partial charge >= 0.3 is 0 Å². The molecular weight excluding hydrogens is 307 g/mol. The summed E-state index contributed by atoms with van der Waals surface area (Å²) in [5.41, 5.74) is 0.803. The Balaban J connectivity index is 1.66. The number of hydrogen-bond donors (Lipinski definition) is 0. The van der Waals surface area contributed by atoms with Crippen molar-refractivity contribution in [2.45, 2.75) is 39.0 Å².